The van der Waals surface area contributed by atoms with Crippen molar-refractivity contribution in [2.24, 2.45) is 0 Å². The molecular weight excluding hydrogens is 332 g/mol. The molecular formula is C16H24N2O7. The van der Waals surface area contributed by atoms with Crippen LogP contribution in [0.2, 0.25) is 0 Å². The second-order valence-electron chi connectivity index (χ2n) is 6.33. The lowest BCUT2D eigenvalue weighted by molar-refractivity contribution is -0.790. The Morgan fingerprint density at radius 3 is 2.04 bits per heavy atom. The molecule has 1 atom stereocenters. The molecule has 1 aromatic rings. The minimum absolute atomic E-state index is 0.00412. The third-order valence-electron chi connectivity index (χ3n) is 3.06. The molecule has 9 nitrogen and oxygen atoms in total. The van der Waals surface area contributed by atoms with Gasteiger partial charge in [-0.15, -0.1) is 20.2 Å². The van der Waals surface area contributed by atoms with Crippen molar-refractivity contribution in [3.63, 3.8) is 0 Å². The number of benzene rings is 1. The fraction of sp³-hybridized carbons (Fsp3) is 0.562. The highest BCUT2D eigenvalue weighted by molar-refractivity contribution is 5.75. The first-order valence-corrected chi connectivity index (χ1v) is 7.65. The summed E-state index contributed by atoms with van der Waals surface area (Å²) in [5, 5.41) is 17.6. The molecule has 0 N–H and O–H groups in total. The van der Waals surface area contributed by atoms with E-state index in [0.29, 0.717) is 5.41 Å². The molecule has 1 aromatic carbocycles. The van der Waals surface area contributed by atoms with E-state index in [2.05, 4.69) is 60.8 Å². The predicted molar refractivity (Wildman–Crippen MR) is 89.9 cm³/mol. The van der Waals surface area contributed by atoms with E-state index < -0.39 is 22.9 Å². The second-order valence-corrected chi connectivity index (χ2v) is 6.33. The number of ketones is 1. The van der Waals surface area contributed by atoms with E-state index >= 15 is 0 Å². The topological polar surface area (TPSA) is 122 Å². The Hall–Kier alpha value is -2.71. The third-order valence-corrected chi connectivity index (χ3v) is 3.06. The number of carbonyl (C=O) groups excluding carboxylic acids is 1. The van der Waals surface area contributed by atoms with Crippen LogP contribution >= 0.6 is 0 Å². The lowest BCUT2D eigenvalue weighted by Gasteiger charge is -2.18. The van der Waals surface area contributed by atoms with Gasteiger partial charge in [-0.3, -0.25) is 0 Å². The molecule has 0 spiro atoms. The standard InChI is InChI=1S/C10H14.C6H10N2O7/c1-10(2,3)9-7-5-4-6-8-9;1-5(9)2-3-6(15-8(12)13)4-14-7(10)11/h4-8H,1-3H3;6H,2-4H2,1H3. The zero-order chi connectivity index (χ0) is 19.5. The van der Waals surface area contributed by atoms with Crippen LogP contribution in [0.25, 0.3) is 0 Å². The van der Waals surface area contributed by atoms with Crippen LogP contribution in [0.15, 0.2) is 30.3 Å². The molecule has 0 aliphatic carbocycles. The molecule has 140 valence electrons. The van der Waals surface area contributed by atoms with Crippen LogP contribution in [0.1, 0.15) is 46.1 Å². The Bertz CT molecular complexity index is 537. The van der Waals surface area contributed by atoms with Crippen molar-refractivity contribution in [2.75, 3.05) is 6.61 Å². The van der Waals surface area contributed by atoms with Crippen molar-refractivity contribution in [1.82, 2.24) is 0 Å². The molecule has 0 heterocycles. The normalized spacial score (nSPS) is 11.5. The van der Waals surface area contributed by atoms with Crippen LogP contribution in [0.4, 0.5) is 0 Å². The number of Topliss-reactive ketones (excluding diaryl/α,β-unsaturated/α-hetero) is 1. The van der Waals surface area contributed by atoms with E-state index in [9.17, 15) is 25.0 Å². The van der Waals surface area contributed by atoms with Crippen molar-refractivity contribution < 1.29 is 24.6 Å². The van der Waals surface area contributed by atoms with Gasteiger partial charge in [-0.05, 0) is 24.3 Å². The summed E-state index contributed by atoms with van der Waals surface area (Å²) < 4.78 is 0. The number of hydrogen-bond donors (Lipinski definition) is 0. The molecule has 9 heteroatoms. The molecule has 0 saturated carbocycles. The number of rotatable bonds is 8. The second kappa shape index (κ2) is 11.0. The molecule has 0 aliphatic rings. The van der Waals surface area contributed by atoms with Crippen molar-refractivity contribution in [1.29, 1.82) is 0 Å². The Labute approximate surface area is 146 Å². The zero-order valence-electron chi connectivity index (χ0n) is 14.8. The summed E-state index contributed by atoms with van der Waals surface area (Å²) in [7, 11) is 0. The van der Waals surface area contributed by atoms with Crippen LogP contribution < -0.4 is 0 Å². The summed E-state index contributed by atoms with van der Waals surface area (Å²) in [5.41, 5.74) is 1.69. The van der Waals surface area contributed by atoms with Gasteiger partial charge in [0, 0.05) is 6.42 Å². The summed E-state index contributed by atoms with van der Waals surface area (Å²) in [4.78, 5) is 38.4. The van der Waals surface area contributed by atoms with Crippen LogP contribution in [-0.2, 0) is 19.9 Å². The average Bonchev–Trinajstić information content (AvgIpc) is 2.50. The molecule has 0 aliphatic heterocycles. The Morgan fingerprint density at radius 1 is 1.12 bits per heavy atom. The van der Waals surface area contributed by atoms with E-state index in [1.165, 1.54) is 12.5 Å². The summed E-state index contributed by atoms with van der Waals surface area (Å²) in [6.45, 7) is 7.41. The van der Waals surface area contributed by atoms with Gasteiger partial charge < -0.3 is 14.5 Å². The van der Waals surface area contributed by atoms with Crippen molar-refractivity contribution >= 4 is 5.78 Å². The third kappa shape index (κ3) is 12.4. The Morgan fingerprint density at radius 2 is 1.68 bits per heavy atom. The maximum Gasteiger partial charge on any atom is 0.294 e. The molecule has 0 radical (unpaired) electrons. The zero-order valence-corrected chi connectivity index (χ0v) is 14.8. The van der Waals surface area contributed by atoms with Crippen LogP contribution in [0, 0.1) is 20.2 Å². The van der Waals surface area contributed by atoms with Gasteiger partial charge in [-0.2, -0.15) is 0 Å². The van der Waals surface area contributed by atoms with E-state index in [1.54, 1.807) is 0 Å². The maximum atomic E-state index is 10.6. The molecule has 0 bridgehead atoms. The molecule has 1 rings (SSSR count). The van der Waals surface area contributed by atoms with E-state index in [-0.39, 0.29) is 18.6 Å². The van der Waals surface area contributed by atoms with Gasteiger partial charge in [-0.25, -0.2) is 0 Å². The lowest BCUT2D eigenvalue weighted by Crippen LogP contribution is -2.25. The van der Waals surface area contributed by atoms with Gasteiger partial charge in [0.1, 0.15) is 18.5 Å². The van der Waals surface area contributed by atoms with E-state index in [0.717, 1.165) is 0 Å². The number of hydrogen-bond acceptors (Lipinski definition) is 7. The van der Waals surface area contributed by atoms with Crippen LogP contribution in [0.3, 0.4) is 0 Å². The van der Waals surface area contributed by atoms with Gasteiger partial charge in [0.25, 0.3) is 10.2 Å². The predicted octanol–water partition coefficient (Wildman–Crippen LogP) is 3.12. The molecule has 0 aromatic heterocycles. The van der Waals surface area contributed by atoms with Crippen molar-refractivity contribution in [2.45, 2.75) is 52.1 Å². The SMILES string of the molecule is CC(=O)CCC(CO[N+](=O)[O-])O[N+](=O)[O-].CC(C)(C)c1ccccc1. The minimum Gasteiger partial charge on any atom is -0.312 e. The average molecular weight is 356 g/mol. The smallest absolute Gasteiger partial charge is 0.294 e. The van der Waals surface area contributed by atoms with Gasteiger partial charge in [-0.1, -0.05) is 51.1 Å². The van der Waals surface area contributed by atoms with Gasteiger partial charge in [0.2, 0.25) is 0 Å². The monoisotopic (exact) mass is 356 g/mol. The fourth-order valence-electron chi connectivity index (χ4n) is 1.73. The van der Waals surface area contributed by atoms with E-state index in [4.69, 9.17) is 0 Å². The van der Waals surface area contributed by atoms with Crippen molar-refractivity contribution in [3.05, 3.63) is 56.1 Å². The Balaban J connectivity index is 0.000000496. The first-order valence-electron chi connectivity index (χ1n) is 7.65. The molecule has 0 amide bonds. The lowest BCUT2D eigenvalue weighted by atomic mass is 9.87. The number of nitrogens with zero attached hydrogens (tertiary/aromatic N) is 2. The van der Waals surface area contributed by atoms with Crippen LogP contribution in [0.5, 0.6) is 0 Å². The van der Waals surface area contributed by atoms with E-state index in [1.807, 2.05) is 0 Å². The van der Waals surface area contributed by atoms with Gasteiger partial charge in [0.05, 0.1) is 0 Å². The highest BCUT2D eigenvalue weighted by Gasteiger charge is 2.16. The van der Waals surface area contributed by atoms with Crippen molar-refractivity contribution in [3.8, 4) is 0 Å². The fourth-order valence-corrected chi connectivity index (χ4v) is 1.73. The summed E-state index contributed by atoms with van der Waals surface area (Å²) >= 11 is 0. The van der Waals surface area contributed by atoms with Crippen LogP contribution in [-0.4, -0.2) is 28.7 Å². The number of carbonyl (C=O) groups is 1. The minimum atomic E-state index is -1.10. The highest BCUT2D eigenvalue weighted by atomic mass is 17.0. The molecule has 1 unspecified atom stereocenters. The molecule has 0 fully saturated rings. The molecule has 0 saturated heterocycles. The summed E-state index contributed by atoms with van der Waals surface area (Å²) in [6, 6.07) is 10.6. The van der Waals surface area contributed by atoms with Gasteiger partial charge in [0.15, 0.2) is 0 Å². The Kier molecular flexibility index (Phi) is 9.76. The summed E-state index contributed by atoms with van der Waals surface area (Å²) in [5.74, 6) is -0.187. The quantitative estimate of drug-likeness (QED) is 0.518. The first-order chi connectivity index (χ1) is 11.5. The maximum absolute atomic E-state index is 10.6. The van der Waals surface area contributed by atoms with Gasteiger partial charge >= 0.3 is 0 Å². The highest BCUT2D eigenvalue weighted by Crippen LogP contribution is 2.20. The first kappa shape index (κ1) is 22.3. The molecule has 25 heavy (non-hydrogen) atoms. The summed E-state index contributed by atoms with van der Waals surface area (Å²) in [6.07, 6.45) is -1.06. The largest absolute Gasteiger partial charge is 0.312 e.